The second-order valence-corrected chi connectivity index (χ2v) is 8.56. The normalized spacial score (nSPS) is 11.1. The molecule has 0 aliphatic rings. The van der Waals surface area contributed by atoms with E-state index in [9.17, 15) is 4.79 Å². The summed E-state index contributed by atoms with van der Waals surface area (Å²) in [4.78, 5) is 21.0. The Kier molecular flexibility index (Phi) is 5.68. The predicted octanol–water partition coefficient (Wildman–Crippen LogP) is 6.45. The highest BCUT2D eigenvalue weighted by molar-refractivity contribution is 6.08. The van der Waals surface area contributed by atoms with Gasteiger partial charge in [-0.15, -0.1) is 0 Å². The first kappa shape index (κ1) is 21.6. The Labute approximate surface area is 198 Å². The van der Waals surface area contributed by atoms with Gasteiger partial charge in [-0.25, -0.2) is 4.98 Å². The summed E-state index contributed by atoms with van der Waals surface area (Å²) < 4.78 is 5.95. The van der Waals surface area contributed by atoms with Crippen LogP contribution in [0.5, 0.6) is 11.5 Å². The molecule has 2 aromatic heterocycles. The number of hydrogen-bond acceptors (Lipinski definition) is 5. The summed E-state index contributed by atoms with van der Waals surface area (Å²) in [5.74, 6) is 1.72. The van der Waals surface area contributed by atoms with Crippen molar-refractivity contribution in [2.45, 2.75) is 26.7 Å². The molecule has 5 rings (SSSR count). The third kappa shape index (κ3) is 4.33. The maximum atomic E-state index is 11.8. The number of aryl methyl sites for hydroxylation is 3. The Hall–Kier alpha value is -4.25. The lowest BCUT2D eigenvalue weighted by atomic mass is 10.0. The maximum Gasteiger partial charge on any atom is 0.163 e. The minimum Gasteiger partial charge on any atom is -0.457 e. The first-order valence-corrected chi connectivity index (χ1v) is 11.3. The number of nitrogens with zero attached hydrogens (tertiary/aromatic N) is 2. The molecule has 0 bridgehead atoms. The van der Waals surface area contributed by atoms with E-state index in [1.54, 1.807) is 13.0 Å². The number of aromatic nitrogens is 2. The Morgan fingerprint density at radius 1 is 0.912 bits per heavy atom. The van der Waals surface area contributed by atoms with Gasteiger partial charge in [0.1, 0.15) is 17.0 Å². The Morgan fingerprint density at radius 2 is 1.68 bits per heavy atom. The SMILES string of the molecule is CC(=O)c1ccccc1Oc1ccc(CCc2cnc3c(N)nc4cc(C)ccc4c3c2)cc1. The molecule has 5 heteroatoms. The van der Waals surface area contributed by atoms with Gasteiger partial charge in [-0.3, -0.25) is 9.78 Å². The largest absolute Gasteiger partial charge is 0.457 e. The van der Waals surface area contributed by atoms with Gasteiger partial charge in [0.15, 0.2) is 11.6 Å². The molecule has 0 saturated carbocycles. The minimum atomic E-state index is -0.0170. The van der Waals surface area contributed by atoms with Crippen molar-refractivity contribution in [2.24, 2.45) is 0 Å². The van der Waals surface area contributed by atoms with Crippen LogP contribution in [0.2, 0.25) is 0 Å². The molecule has 0 atom stereocenters. The number of para-hydroxylation sites is 1. The lowest BCUT2D eigenvalue weighted by molar-refractivity contribution is 0.101. The third-order valence-electron chi connectivity index (χ3n) is 5.99. The number of rotatable bonds is 6. The van der Waals surface area contributed by atoms with E-state index in [2.05, 4.69) is 53.3 Å². The Morgan fingerprint density at radius 3 is 2.47 bits per heavy atom. The molecule has 2 N–H and O–H groups in total. The molecule has 2 heterocycles. The van der Waals surface area contributed by atoms with Crippen molar-refractivity contribution in [2.75, 3.05) is 5.73 Å². The molecule has 5 nitrogen and oxygen atoms in total. The fraction of sp³-hybridized carbons (Fsp3) is 0.138. The molecule has 34 heavy (non-hydrogen) atoms. The van der Waals surface area contributed by atoms with Crippen LogP contribution >= 0.6 is 0 Å². The van der Waals surface area contributed by atoms with Crippen molar-refractivity contribution in [3.8, 4) is 11.5 Å². The average Bonchev–Trinajstić information content (AvgIpc) is 2.83. The van der Waals surface area contributed by atoms with E-state index >= 15 is 0 Å². The Balaban J connectivity index is 1.34. The summed E-state index contributed by atoms with van der Waals surface area (Å²) in [5.41, 5.74) is 11.9. The maximum absolute atomic E-state index is 11.8. The van der Waals surface area contributed by atoms with Gasteiger partial charge in [0, 0.05) is 17.0 Å². The van der Waals surface area contributed by atoms with Gasteiger partial charge in [0.2, 0.25) is 0 Å². The van der Waals surface area contributed by atoms with Crippen molar-refractivity contribution >= 4 is 33.4 Å². The zero-order valence-electron chi connectivity index (χ0n) is 19.2. The number of anilines is 1. The quantitative estimate of drug-likeness (QED) is 0.239. The number of fused-ring (bicyclic) bond motifs is 3. The van der Waals surface area contributed by atoms with Crippen LogP contribution in [-0.4, -0.2) is 15.8 Å². The molecule has 0 radical (unpaired) electrons. The van der Waals surface area contributed by atoms with Crippen molar-refractivity contribution in [3.05, 3.63) is 101 Å². The van der Waals surface area contributed by atoms with Crippen molar-refractivity contribution in [1.82, 2.24) is 9.97 Å². The van der Waals surface area contributed by atoms with Crippen LogP contribution in [0.4, 0.5) is 5.82 Å². The smallest absolute Gasteiger partial charge is 0.163 e. The van der Waals surface area contributed by atoms with Crippen molar-refractivity contribution < 1.29 is 9.53 Å². The molecule has 0 spiro atoms. The number of ether oxygens (including phenoxy) is 1. The van der Waals surface area contributed by atoms with E-state index in [1.165, 1.54) is 5.56 Å². The molecule has 0 amide bonds. The van der Waals surface area contributed by atoms with E-state index in [4.69, 9.17) is 10.5 Å². The lowest BCUT2D eigenvalue weighted by Crippen LogP contribution is -1.98. The number of nitrogens with two attached hydrogens (primary N) is 1. The monoisotopic (exact) mass is 447 g/mol. The van der Waals surface area contributed by atoms with Crippen LogP contribution in [0.25, 0.3) is 21.8 Å². The van der Waals surface area contributed by atoms with Gasteiger partial charge >= 0.3 is 0 Å². The molecule has 5 aromatic rings. The summed E-state index contributed by atoms with van der Waals surface area (Å²) in [5, 5.41) is 2.10. The van der Waals surface area contributed by atoms with Gasteiger partial charge < -0.3 is 10.5 Å². The van der Waals surface area contributed by atoms with E-state index < -0.39 is 0 Å². The zero-order valence-corrected chi connectivity index (χ0v) is 19.2. The van der Waals surface area contributed by atoms with Crippen LogP contribution in [-0.2, 0) is 12.8 Å². The third-order valence-corrected chi connectivity index (χ3v) is 5.99. The van der Waals surface area contributed by atoms with Crippen molar-refractivity contribution in [1.29, 1.82) is 0 Å². The molecule has 0 unspecified atom stereocenters. The molecular weight excluding hydrogens is 422 g/mol. The average molecular weight is 448 g/mol. The topological polar surface area (TPSA) is 78.1 Å². The molecule has 0 fully saturated rings. The Bertz CT molecular complexity index is 1520. The van der Waals surface area contributed by atoms with E-state index in [1.807, 2.05) is 36.5 Å². The number of nitrogen functional groups attached to an aromatic ring is 1. The first-order valence-electron chi connectivity index (χ1n) is 11.3. The summed E-state index contributed by atoms with van der Waals surface area (Å²) in [7, 11) is 0. The summed E-state index contributed by atoms with van der Waals surface area (Å²) in [6.45, 7) is 3.59. The van der Waals surface area contributed by atoms with Gasteiger partial charge in [0.05, 0.1) is 11.1 Å². The molecular formula is C29H25N3O2. The van der Waals surface area contributed by atoms with Crippen LogP contribution in [0.1, 0.15) is 34.0 Å². The summed E-state index contributed by atoms with van der Waals surface area (Å²) in [6, 6.07) is 23.7. The number of hydrogen-bond donors (Lipinski definition) is 1. The first-order chi connectivity index (χ1) is 16.5. The standard InChI is InChI=1S/C29H25N3O2/c1-18-7-14-24-25-16-21(17-31-28(25)29(30)32-26(24)15-18)9-8-20-10-12-22(13-11-20)34-27-6-4-3-5-23(27)19(2)33/h3-7,10-17H,8-9H2,1-2H3,(H2,30,32). The van der Waals surface area contributed by atoms with Crippen LogP contribution in [0.15, 0.2) is 79.0 Å². The molecule has 0 saturated heterocycles. The van der Waals surface area contributed by atoms with Gasteiger partial charge in [-0.05, 0) is 79.8 Å². The number of ketones is 1. The summed E-state index contributed by atoms with van der Waals surface area (Å²) >= 11 is 0. The number of carbonyl (C=O) groups excluding carboxylic acids is 1. The molecule has 0 aliphatic heterocycles. The summed E-state index contributed by atoms with van der Waals surface area (Å²) in [6.07, 6.45) is 3.61. The van der Waals surface area contributed by atoms with E-state index in [0.717, 1.165) is 45.8 Å². The van der Waals surface area contributed by atoms with Crippen LogP contribution in [0, 0.1) is 6.92 Å². The highest BCUT2D eigenvalue weighted by Crippen LogP contribution is 2.29. The van der Waals surface area contributed by atoms with E-state index in [0.29, 0.717) is 22.9 Å². The van der Waals surface area contributed by atoms with Gasteiger partial charge in [-0.2, -0.15) is 0 Å². The van der Waals surface area contributed by atoms with Gasteiger partial charge in [-0.1, -0.05) is 36.4 Å². The van der Waals surface area contributed by atoms with Gasteiger partial charge in [0.25, 0.3) is 0 Å². The van der Waals surface area contributed by atoms with Crippen LogP contribution in [0.3, 0.4) is 0 Å². The molecule has 168 valence electrons. The van der Waals surface area contributed by atoms with Crippen molar-refractivity contribution in [3.63, 3.8) is 0 Å². The highest BCUT2D eigenvalue weighted by atomic mass is 16.5. The number of benzene rings is 3. The number of pyridine rings is 2. The fourth-order valence-electron chi connectivity index (χ4n) is 4.19. The second kappa shape index (κ2) is 8.94. The lowest BCUT2D eigenvalue weighted by Gasteiger charge is -2.10. The number of carbonyl (C=O) groups is 1. The zero-order chi connectivity index (χ0) is 23.7. The minimum absolute atomic E-state index is 0.0170. The fourth-order valence-corrected chi connectivity index (χ4v) is 4.19. The number of Topliss-reactive ketones (excluding diaryl/α,β-unsaturated/α-hetero) is 1. The predicted molar refractivity (Wildman–Crippen MR) is 137 cm³/mol. The van der Waals surface area contributed by atoms with Crippen LogP contribution < -0.4 is 10.5 Å². The van der Waals surface area contributed by atoms with E-state index in [-0.39, 0.29) is 5.78 Å². The second-order valence-electron chi connectivity index (χ2n) is 8.56. The molecule has 3 aromatic carbocycles. The molecule has 0 aliphatic carbocycles. The highest BCUT2D eigenvalue weighted by Gasteiger charge is 2.10.